The van der Waals surface area contributed by atoms with Crippen molar-refractivity contribution in [3.63, 3.8) is 0 Å². The van der Waals surface area contributed by atoms with Crippen LogP contribution in [-0.4, -0.2) is 45.5 Å². The quantitative estimate of drug-likeness (QED) is 0.725. The Kier molecular flexibility index (Phi) is 5.03. The first-order chi connectivity index (χ1) is 9.74. The minimum atomic E-state index is -0.489. The lowest BCUT2D eigenvalue weighted by atomic mass is 10.1. The van der Waals surface area contributed by atoms with Crippen LogP contribution in [-0.2, 0) is 14.2 Å². The van der Waals surface area contributed by atoms with Gasteiger partial charge in [-0.3, -0.25) is 0 Å². The van der Waals surface area contributed by atoms with Gasteiger partial charge in [-0.05, 0) is 12.1 Å². The third kappa shape index (κ3) is 3.52. The van der Waals surface area contributed by atoms with Gasteiger partial charge in [0.1, 0.15) is 5.69 Å². The molecule has 1 saturated heterocycles. The van der Waals surface area contributed by atoms with E-state index in [4.69, 9.17) is 9.47 Å². The zero-order valence-corrected chi connectivity index (χ0v) is 11.2. The SMILES string of the molecule is COC(=O)c1ccc(NC[C@@H]2COCCO2)c([NH+]=O)c1. The van der Waals surface area contributed by atoms with Crippen molar-refractivity contribution in [3.8, 4) is 0 Å². The number of ether oxygens (including phenoxy) is 3. The molecule has 1 aromatic carbocycles. The molecule has 1 aliphatic rings. The van der Waals surface area contributed by atoms with Gasteiger partial charge >= 0.3 is 5.97 Å². The topological polar surface area (TPSA) is 87.8 Å². The van der Waals surface area contributed by atoms with Crippen LogP contribution in [0, 0.1) is 4.91 Å². The van der Waals surface area contributed by atoms with E-state index in [-0.39, 0.29) is 11.8 Å². The monoisotopic (exact) mass is 281 g/mol. The van der Waals surface area contributed by atoms with E-state index >= 15 is 0 Å². The fourth-order valence-electron chi connectivity index (χ4n) is 1.91. The van der Waals surface area contributed by atoms with E-state index in [2.05, 4.69) is 10.1 Å². The van der Waals surface area contributed by atoms with Gasteiger partial charge in [-0.1, -0.05) is 0 Å². The van der Waals surface area contributed by atoms with Gasteiger partial charge in [0, 0.05) is 22.7 Å². The predicted molar refractivity (Wildman–Crippen MR) is 70.8 cm³/mol. The number of nitrogens with one attached hydrogen (secondary N) is 2. The molecule has 0 spiro atoms. The van der Waals surface area contributed by atoms with E-state index in [1.54, 1.807) is 12.1 Å². The average molecular weight is 281 g/mol. The van der Waals surface area contributed by atoms with Gasteiger partial charge in [0.05, 0.1) is 38.6 Å². The number of rotatable bonds is 5. The molecule has 1 fully saturated rings. The average Bonchev–Trinajstić information content (AvgIpc) is 2.53. The van der Waals surface area contributed by atoms with Crippen molar-refractivity contribution < 1.29 is 24.2 Å². The second-order valence-electron chi connectivity index (χ2n) is 4.30. The van der Waals surface area contributed by atoms with Crippen LogP contribution in [0.1, 0.15) is 10.4 Å². The number of esters is 1. The fourth-order valence-corrected chi connectivity index (χ4v) is 1.91. The van der Waals surface area contributed by atoms with Crippen LogP contribution in [0.4, 0.5) is 11.4 Å². The first kappa shape index (κ1) is 14.4. The highest BCUT2D eigenvalue weighted by Crippen LogP contribution is 2.19. The molecule has 0 saturated carbocycles. The first-order valence-corrected chi connectivity index (χ1v) is 6.28. The van der Waals surface area contributed by atoms with E-state index in [0.29, 0.717) is 37.6 Å². The Morgan fingerprint density at radius 1 is 1.50 bits per heavy atom. The zero-order valence-electron chi connectivity index (χ0n) is 11.2. The van der Waals surface area contributed by atoms with Gasteiger partial charge in [0.25, 0.3) is 5.69 Å². The summed E-state index contributed by atoms with van der Waals surface area (Å²) in [6.45, 7) is 2.22. The number of methoxy groups -OCH3 is 1. The highest BCUT2D eigenvalue weighted by Gasteiger charge is 2.17. The Morgan fingerprint density at radius 3 is 3.00 bits per heavy atom. The van der Waals surface area contributed by atoms with Gasteiger partial charge in [-0.25, -0.2) is 4.79 Å². The maximum Gasteiger partial charge on any atom is 0.338 e. The molecule has 1 aromatic rings. The summed E-state index contributed by atoms with van der Waals surface area (Å²) in [5.74, 6) is -0.489. The first-order valence-electron chi connectivity index (χ1n) is 6.28. The van der Waals surface area contributed by atoms with Crippen LogP contribution in [0.25, 0.3) is 0 Å². The molecular formula is C13H17N2O5+. The smallest absolute Gasteiger partial charge is 0.338 e. The minimum Gasteiger partial charge on any atom is -0.465 e. The van der Waals surface area contributed by atoms with Crippen molar-refractivity contribution in [1.29, 1.82) is 0 Å². The molecule has 20 heavy (non-hydrogen) atoms. The molecule has 0 unspecified atom stereocenters. The van der Waals surface area contributed by atoms with Crippen molar-refractivity contribution in [2.24, 2.45) is 0 Å². The Bertz CT molecular complexity index is 486. The maximum absolute atomic E-state index is 11.4. The third-order valence-corrected chi connectivity index (χ3v) is 2.96. The van der Waals surface area contributed by atoms with Crippen LogP contribution in [0.2, 0.25) is 0 Å². The minimum absolute atomic E-state index is 0.0523. The Balaban J connectivity index is 2.03. The summed E-state index contributed by atoms with van der Waals surface area (Å²) in [4.78, 5) is 22.4. The van der Waals surface area contributed by atoms with Crippen molar-refractivity contribution in [3.05, 3.63) is 28.7 Å². The van der Waals surface area contributed by atoms with Crippen LogP contribution in [0.5, 0.6) is 0 Å². The van der Waals surface area contributed by atoms with Crippen molar-refractivity contribution in [1.82, 2.24) is 0 Å². The van der Waals surface area contributed by atoms with Gasteiger partial charge in [-0.2, -0.15) is 0 Å². The second-order valence-corrected chi connectivity index (χ2v) is 4.30. The molecule has 0 amide bonds. The van der Waals surface area contributed by atoms with Crippen molar-refractivity contribution in [2.75, 3.05) is 38.8 Å². The van der Waals surface area contributed by atoms with Crippen LogP contribution in [0.3, 0.4) is 0 Å². The lowest BCUT2D eigenvalue weighted by Gasteiger charge is -2.23. The summed E-state index contributed by atoms with van der Waals surface area (Å²) >= 11 is 0. The van der Waals surface area contributed by atoms with Crippen LogP contribution >= 0.6 is 0 Å². The lowest BCUT2D eigenvalue weighted by Crippen LogP contribution is -2.56. The summed E-state index contributed by atoms with van der Waals surface area (Å²) in [5, 5.41) is 4.91. The van der Waals surface area contributed by atoms with Gasteiger partial charge in [0.2, 0.25) is 0 Å². The number of anilines is 1. The van der Waals surface area contributed by atoms with Crippen LogP contribution in [0.15, 0.2) is 18.2 Å². The number of carbonyl (C=O) groups is 1. The number of nitroso groups, excluding NO2 is 1. The molecule has 7 nitrogen and oxygen atoms in total. The molecule has 1 aliphatic heterocycles. The number of carbonyl (C=O) groups excluding carboxylic acids is 1. The Hall–Kier alpha value is -1.99. The molecule has 1 atom stereocenters. The molecular weight excluding hydrogens is 264 g/mol. The largest absolute Gasteiger partial charge is 0.465 e. The number of benzene rings is 1. The summed E-state index contributed by atoms with van der Waals surface area (Å²) in [7, 11) is 1.29. The molecule has 1 heterocycles. The molecule has 0 aromatic heterocycles. The Morgan fingerprint density at radius 2 is 2.35 bits per heavy atom. The van der Waals surface area contributed by atoms with Gasteiger partial charge < -0.3 is 19.5 Å². The van der Waals surface area contributed by atoms with Crippen molar-refractivity contribution in [2.45, 2.75) is 6.10 Å². The van der Waals surface area contributed by atoms with E-state index in [9.17, 15) is 9.70 Å². The molecule has 7 heteroatoms. The van der Waals surface area contributed by atoms with E-state index < -0.39 is 5.97 Å². The standard InChI is InChI=1S/C13H16N2O5/c1-18-13(16)9-2-3-11(12(6-9)15-17)14-7-10-8-19-4-5-20-10/h2-3,6,10,14H,4-5,7-8H2,1H3/p+1/t10-/m1/s1. The number of hydrogen-bond donors (Lipinski definition) is 2. The zero-order chi connectivity index (χ0) is 14.4. The third-order valence-electron chi connectivity index (χ3n) is 2.96. The second kappa shape index (κ2) is 6.97. The van der Waals surface area contributed by atoms with Gasteiger partial charge in [0.15, 0.2) is 0 Å². The van der Waals surface area contributed by atoms with Gasteiger partial charge in [-0.15, -0.1) is 0 Å². The Labute approximate surface area is 116 Å². The van der Waals surface area contributed by atoms with Crippen LogP contribution < -0.4 is 10.5 Å². The molecule has 2 rings (SSSR count). The van der Waals surface area contributed by atoms with Crippen molar-refractivity contribution >= 4 is 17.3 Å². The fraction of sp³-hybridized carbons (Fsp3) is 0.462. The number of hydrogen-bond acceptors (Lipinski definition) is 6. The summed E-state index contributed by atoms with van der Waals surface area (Å²) in [6.07, 6.45) is -0.0523. The molecule has 108 valence electrons. The summed E-state index contributed by atoms with van der Waals surface area (Å²) < 4.78 is 15.4. The van der Waals surface area contributed by atoms with E-state index in [1.165, 1.54) is 13.2 Å². The van der Waals surface area contributed by atoms with E-state index in [0.717, 1.165) is 0 Å². The summed E-state index contributed by atoms with van der Waals surface area (Å²) in [6, 6.07) is 4.68. The lowest BCUT2D eigenvalue weighted by molar-refractivity contribution is -0.378. The van der Waals surface area contributed by atoms with E-state index in [1.807, 2.05) is 5.18 Å². The maximum atomic E-state index is 11.4. The molecule has 0 bridgehead atoms. The summed E-state index contributed by atoms with van der Waals surface area (Å²) in [5.41, 5.74) is 1.19. The molecule has 0 aliphatic carbocycles. The normalized spacial score (nSPS) is 18.4. The highest BCUT2D eigenvalue weighted by atomic mass is 16.6. The predicted octanol–water partition coefficient (Wildman–Crippen LogP) is -0.221. The molecule has 0 radical (unpaired) electrons. The highest BCUT2D eigenvalue weighted by molar-refractivity contribution is 5.91. The molecule has 2 N–H and O–H groups in total.